The van der Waals surface area contributed by atoms with Gasteiger partial charge in [0.2, 0.25) is 0 Å². The SMILES string of the molecule is COCc1nc(NN)cc(N2CCCCC2CO)n1. The summed E-state index contributed by atoms with van der Waals surface area (Å²) in [5.41, 5.74) is 2.54. The molecular formula is C12H21N5O2. The predicted octanol–water partition coefficient (Wildman–Crippen LogP) is 0.260. The van der Waals surface area contributed by atoms with Gasteiger partial charge in [-0.1, -0.05) is 0 Å². The van der Waals surface area contributed by atoms with Gasteiger partial charge < -0.3 is 20.2 Å². The van der Waals surface area contributed by atoms with Crippen LogP contribution < -0.4 is 16.2 Å². The van der Waals surface area contributed by atoms with Crippen LogP contribution >= 0.6 is 0 Å². The first-order valence-corrected chi connectivity index (χ1v) is 6.49. The number of ether oxygens (including phenoxy) is 1. The van der Waals surface area contributed by atoms with Crippen LogP contribution in [0.2, 0.25) is 0 Å². The fraction of sp³-hybridized carbons (Fsp3) is 0.667. The van der Waals surface area contributed by atoms with Gasteiger partial charge >= 0.3 is 0 Å². The van der Waals surface area contributed by atoms with Gasteiger partial charge in [-0.15, -0.1) is 0 Å². The Morgan fingerprint density at radius 2 is 2.37 bits per heavy atom. The van der Waals surface area contributed by atoms with E-state index in [1.807, 2.05) is 0 Å². The maximum absolute atomic E-state index is 9.47. The van der Waals surface area contributed by atoms with Crippen LogP contribution in [0.3, 0.4) is 0 Å². The normalized spacial score (nSPS) is 19.5. The molecule has 0 aliphatic carbocycles. The summed E-state index contributed by atoms with van der Waals surface area (Å²) in [7, 11) is 1.60. The van der Waals surface area contributed by atoms with E-state index in [2.05, 4.69) is 20.3 Å². The predicted molar refractivity (Wildman–Crippen MR) is 72.6 cm³/mol. The molecule has 1 aromatic heterocycles. The van der Waals surface area contributed by atoms with E-state index in [-0.39, 0.29) is 12.6 Å². The van der Waals surface area contributed by atoms with E-state index >= 15 is 0 Å². The number of aliphatic hydroxyl groups excluding tert-OH is 1. The molecule has 7 nitrogen and oxygen atoms in total. The lowest BCUT2D eigenvalue weighted by molar-refractivity contribution is 0.177. The highest BCUT2D eigenvalue weighted by atomic mass is 16.5. The van der Waals surface area contributed by atoms with Crippen molar-refractivity contribution >= 4 is 11.6 Å². The highest BCUT2D eigenvalue weighted by Gasteiger charge is 2.23. The number of methoxy groups -OCH3 is 1. The van der Waals surface area contributed by atoms with Crippen LogP contribution in [0.4, 0.5) is 11.6 Å². The molecule has 0 aromatic carbocycles. The van der Waals surface area contributed by atoms with Crippen molar-refractivity contribution in [3.05, 3.63) is 11.9 Å². The van der Waals surface area contributed by atoms with Gasteiger partial charge in [0, 0.05) is 19.7 Å². The van der Waals surface area contributed by atoms with E-state index in [1.165, 1.54) is 0 Å². The molecule has 0 radical (unpaired) electrons. The van der Waals surface area contributed by atoms with Crippen molar-refractivity contribution in [1.29, 1.82) is 0 Å². The van der Waals surface area contributed by atoms with Crippen molar-refractivity contribution in [2.45, 2.75) is 31.9 Å². The number of nitrogens with one attached hydrogen (secondary N) is 1. The summed E-state index contributed by atoms with van der Waals surface area (Å²) in [6.45, 7) is 1.35. The maximum Gasteiger partial charge on any atom is 0.158 e. The van der Waals surface area contributed by atoms with Gasteiger partial charge in [-0.2, -0.15) is 0 Å². The number of hydrogen-bond donors (Lipinski definition) is 3. The minimum Gasteiger partial charge on any atom is -0.394 e. The molecule has 4 N–H and O–H groups in total. The second kappa shape index (κ2) is 6.65. The molecule has 1 aliphatic heterocycles. The number of nitrogens with zero attached hydrogens (tertiary/aromatic N) is 3. The molecule has 1 aromatic rings. The molecule has 1 fully saturated rings. The molecule has 1 saturated heterocycles. The molecule has 2 heterocycles. The van der Waals surface area contributed by atoms with Gasteiger partial charge in [-0.05, 0) is 19.3 Å². The summed E-state index contributed by atoms with van der Waals surface area (Å²) < 4.78 is 5.06. The number of anilines is 2. The van der Waals surface area contributed by atoms with Crippen LogP contribution in [0.5, 0.6) is 0 Å². The van der Waals surface area contributed by atoms with Crippen molar-refractivity contribution in [3.8, 4) is 0 Å². The molecule has 19 heavy (non-hydrogen) atoms. The largest absolute Gasteiger partial charge is 0.394 e. The quantitative estimate of drug-likeness (QED) is 0.520. The molecular weight excluding hydrogens is 246 g/mol. The van der Waals surface area contributed by atoms with Crippen molar-refractivity contribution in [2.24, 2.45) is 5.84 Å². The van der Waals surface area contributed by atoms with Crippen molar-refractivity contribution < 1.29 is 9.84 Å². The first-order chi connectivity index (χ1) is 9.28. The molecule has 1 aliphatic rings. The molecule has 106 valence electrons. The highest BCUT2D eigenvalue weighted by Crippen LogP contribution is 2.24. The van der Waals surface area contributed by atoms with Crippen molar-refractivity contribution in [2.75, 3.05) is 30.6 Å². The summed E-state index contributed by atoms with van der Waals surface area (Å²) in [5.74, 6) is 7.35. The maximum atomic E-state index is 9.47. The zero-order chi connectivity index (χ0) is 13.7. The molecule has 2 rings (SSSR count). The Bertz CT molecular complexity index is 415. The summed E-state index contributed by atoms with van der Waals surface area (Å²) in [6.07, 6.45) is 3.22. The fourth-order valence-corrected chi connectivity index (χ4v) is 2.39. The van der Waals surface area contributed by atoms with Gasteiger partial charge in [0.15, 0.2) is 5.82 Å². The van der Waals surface area contributed by atoms with E-state index in [4.69, 9.17) is 10.6 Å². The van der Waals surface area contributed by atoms with Gasteiger partial charge in [0.25, 0.3) is 0 Å². The number of nitrogens with two attached hydrogens (primary N) is 1. The van der Waals surface area contributed by atoms with Crippen LogP contribution in [-0.2, 0) is 11.3 Å². The second-order valence-electron chi connectivity index (χ2n) is 4.63. The fourth-order valence-electron chi connectivity index (χ4n) is 2.39. The highest BCUT2D eigenvalue weighted by molar-refractivity contribution is 5.50. The van der Waals surface area contributed by atoms with Crippen molar-refractivity contribution in [1.82, 2.24) is 9.97 Å². The van der Waals surface area contributed by atoms with Crippen LogP contribution in [0.15, 0.2) is 6.07 Å². The average Bonchev–Trinajstić information content (AvgIpc) is 2.47. The summed E-state index contributed by atoms with van der Waals surface area (Å²) in [5, 5.41) is 9.47. The third kappa shape index (κ3) is 3.31. The third-order valence-corrected chi connectivity index (χ3v) is 3.31. The molecule has 0 spiro atoms. The number of rotatable bonds is 5. The van der Waals surface area contributed by atoms with E-state index in [1.54, 1.807) is 13.2 Å². The monoisotopic (exact) mass is 267 g/mol. The molecule has 1 atom stereocenters. The lowest BCUT2D eigenvalue weighted by atomic mass is 10.0. The summed E-state index contributed by atoms with van der Waals surface area (Å²) in [6, 6.07) is 1.91. The molecule has 7 heteroatoms. The van der Waals surface area contributed by atoms with E-state index in [0.29, 0.717) is 18.2 Å². The van der Waals surface area contributed by atoms with E-state index in [0.717, 1.165) is 31.6 Å². The Kier molecular flexibility index (Phi) is 4.89. The number of hydrazine groups is 1. The number of aromatic nitrogens is 2. The Morgan fingerprint density at radius 1 is 1.53 bits per heavy atom. The molecule has 1 unspecified atom stereocenters. The molecule has 0 bridgehead atoms. The molecule has 0 saturated carbocycles. The first-order valence-electron chi connectivity index (χ1n) is 6.49. The van der Waals surface area contributed by atoms with Crippen LogP contribution in [0.1, 0.15) is 25.1 Å². The average molecular weight is 267 g/mol. The van der Waals surface area contributed by atoms with Gasteiger partial charge in [0.1, 0.15) is 18.2 Å². The van der Waals surface area contributed by atoms with Gasteiger partial charge in [-0.25, -0.2) is 15.8 Å². The Labute approximate surface area is 112 Å². The minimum atomic E-state index is 0.115. The van der Waals surface area contributed by atoms with Gasteiger partial charge in [-0.3, -0.25) is 0 Å². The Morgan fingerprint density at radius 3 is 3.05 bits per heavy atom. The zero-order valence-electron chi connectivity index (χ0n) is 11.2. The minimum absolute atomic E-state index is 0.115. The van der Waals surface area contributed by atoms with E-state index in [9.17, 15) is 5.11 Å². The van der Waals surface area contributed by atoms with Crippen LogP contribution in [-0.4, -0.2) is 41.4 Å². The standard InChI is InChI=1S/C12H21N5O2/c1-19-8-11-14-10(16-13)6-12(15-11)17-5-3-2-4-9(17)7-18/h6,9,18H,2-5,7-8,13H2,1H3,(H,14,15,16). The first kappa shape index (κ1) is 14.0. The second-order valence-corrected chi connectivity index (χ2v) is 4.63. The third-order valence-electron chi connectivity index (χ3n) is 3.31. The Balaban J connectivity index is 2.28. The number of hydrogen-bond acceptors (Lipinski definition) is 7. The summed E-state index contributed by atoms with van der Waals surface area (Å²) in [4.78, 5) is 10.8. The van der Waals surface area contributed by atoms with Crippen LogP contribution in [0.25, 0.3) is 0 Å². The number of nitrogen functional groups attached to an aromatic ring is 1. The summed E-state index contributed by atoms with van der Waals surface area (Å²) >= 11 is 0. The van der Waals surface area contributed by atoms with Crippen LogP contribution in [0, 0.1) is 0 Å². The zero-order valence-corrected chi connectivity index (χ0v) is 11.2. The number of aliphatic hydroxyl groups is 1. The van der Waals surface area contributed by atoms with E-state index < -0.39 is 0 Å². The topological polar surface area (TPSA) is 96.5 Å². The smallest absolute Gasteiger partial charge is 0.158 e. The lowest BCUT2D eigenvalue weighted by Gasteiger charge is -2.35. The Hall–Kier alpha value is -1.44. The van der Waals surface area contributed by atoms with Gasteiger partial charge in [0.05, 0.1) is 12.6 Å². The number of piperidine rings is 1. The van der Waals surface area contributed by atoms with Crippen molar-refractivity contribution in [3.63, 3.8) is 0 Å². The lowest BCUT2D eigenvalue weighted by Crippen LogP contribution is -2.42. The molecule has 0 amide bonds.